The number of ether oxygens (including phenoxy) is 1. The molecular weight excluding hydrogens is 484 g/mol. The maximum Gasteiger partial charge on any atom is 0.201 e. The fraction of sp³-hybridized carbons (Fsp3) is 0.160. The lowest BCUT2D eigenvalue weighted by molar-refractivity contribution is 0.0444. The number of hydrogen-bond donors (Lipinski definition) is 1. The Morgan fingerprint density at radius 3 is 2.59 bits per heavy atom. The molecule has 1 unspecified atom stereocenters. The summed E-state index contributed by atoms with van der Waals surface area (Å²) in [7, 11) is 0. The van der Waals surface area contributed by atoms with Gasteiger partial charge in [-0.25, -0.2) is 4.68 Å². The molecular formula is C25H23BrN4OS. The van der Waals surface area contributed by atoms with Crippen LogP contribution in [0, 0.1) is 0 Å². The van der Waals surface area contributed by atoms with Gasteiger partial charge in [0.05, 0.1) is 11.3 Å². The molecule has 32 heavy (non-hydrogen) atoms. The summed E-state index contributed by atoms with van der Waals surface area (Å²) in [6.45, 7) is 2.83. The van der Waals surface area contributed by atoms with Crippen LogP contribution in [-0.2, 0) is 11.2 Å². The summed E-state index contributed by atoms with van der Waals surface area (Å²) in [4.78, 5) is 2.25. The molecule has 5 nitrogen and oxygen atoms in total. The maximum absolute atomic E-state index is 6.28. The Bertz CT molecular complexity index is 1230. The third kappa shape index (κ3) is 4.31. The number of nitrogen functional groups attached to an aromatic ring is 1. The minimum atomic E-state index is -0.220. The zero-order valence-electron chi connectivity index (χ0n) is 17.6. The van der Waals surface area contributed by atoms with Gasteiger partial charge in [-0.05, 0) is 66.8 Å². The van der Waals surface area contributed by atoms with Gasteiger partial charge in [0.25, 0.3) is 0 Å². The van der Waals surface area contributed by atoms with Crippen molar-refractivity contribution in [3.63, 3.8) is 0 Å². The first kappa shape index (κ1) is 20.8. The van der Waals surface area contributed by atoms with E-state index in [1.54, 1.807) is 11.3 Å². The first-order chi connectivity index (χ1) is 15.6. The minimum Gasteiger partial charge on any atom is -0.469 e. The van der Waals surface area contributed by atoms with Gasteiger partial charge in [-0.1, -0.05) is 28.1 Å². The Morgan fingerprint density at radius 1 is 1.09 bits per heavy atom. The Labute approximate surface area is 199 Å². The van der Waals surface area contributed by atoms with Crippen molar-refractivity contribution in [2.75, 3.05) is 12.3 Å². The van der Waals surface area contributed by atoms with Gasteiger partial charge < -0.3 is 15.4 Å². The van der Waals surface area contributed by atoms with E-state index in [1.807, 2.05) is 35.9 Å². The Kier molecular flexibility index (Phi) is 5.76. The molecule has 1 aliphatic heterocycles. The highest BCUT2D eigenvalue weighted by Gasteiger charge is 2.30. The van der Waals surface area contributed by atoms with E-state index in [-0.39, 0.29) is 6.23 Å². The highest BCUT2D eigenvalue weighted by atomic mass is 79.9. The third-order valence-corrected chi connectivity index (χ3v) is 6.69. The number of nitrogens with two attached hydrogens (primary N) is 1. The second-order valence-corrected chi connectivity index (χ2v) is 9.50. The van der Waals surface area contributed by atoms with Crippen molar-refractivity contribution < 1.29 is 4.74 Å². The number of aromatic nitrogens is 2. The average molecular weight is 507 g/mol. The molecule has 0 amide bonds. The normalized spacial score (nSPS) is 15.6. The zero-order valence-corrected chi connectivity index (χ0v) is 20.0. The van der Waals surface area contributed by atoms with E-state index in [0.717, 1.165) is 51.4 Å². The zero-order chi connectivity index (χ0) is 22.1. The summed E-state index contributed by atoms with van der Waals surface area (Å²) in [5.74, 6) is 0.903. The summed E-state index contributed by atoms with van der Waals surface area (Å²) in [6, 6.07) is 18.3. The Morgan fingerprint density at radius 2 is 1.88 bits per heavy atom. The summed E-state index contributed by atoms with van der Waals surface area (Å²) >= 11 is 5.18. The minimum absolute atomic E-state index is 0.220. The van der Waals surface area contributed by atoms with Crippen molar-refractivity contribution in [2.24, 2.45) is 0 Å². The molecule has 2 N–H and O–H groups in total. The van der Waals surface area contributed by atoms with Gasteiger partial charge in [0.2, 0.25) is 6.23 Å². The van der Waals surface area contributed by atoms with Crippen LogP contribution in [0.5, 0.6) is 0 Å². The van der Waals surface area contributed by atoms with Gasteiger partial charge in [-0.15, -0.1) is 0 Å². The van der Waals surface area contributed by atoms with Gasteiger partial charge >= 0.3 is 0 Å². The van der Waals surface area contributed by atoms with Gasteiger partial charge in [0.1, 0.15) is 11.5 Å². The number of hydrogen-bond acceptors (Lipinski definition) is 5. The van der Waals surface area contributed by atoms with Crippen LogP contribution in [0.3, 0.4) is 0 Å². The molecule has 5 rings (SSSR count). The predicted molar refractivity (Wildman–Crippen MR) is 133 cm³/mol. The van der Waals surface area contributed by atoms with Crippen LogP contribution in [0.1, 0.15) is 24.3 Å². The van der Waals surface area contributed by atoms with E-state index in [0.29, 0.717) is 0 Å². The molecule has 162 valence electrons. The van der Waals surface area contributed by atoms with E-state index in [2.05, 4.69) is 74.3 Å². The van der Waals surface area contributed by atoms with E-state index < -0.39 is 0 Å². The highest BCUT2D eigenvalue weighted by molar-refractivity contribution is 9.10. The van der Waals surface area contributed by atoms with Gasteiger partial charge in [-0.2, -0.15) is 16.4 Å². The fourth-order valence-electron chi connectivity index (χ4n) is 3.86. The quantitative estimate of drug-likeness (QED) is 0.308. The van der Waals surface area contributed by atoms with Crippen molar-refractivity contribution in [3.05, 3.63) is 99.1 Å². The second-order valence-electron chi connectivity index (χ2n) is 7.81. The monoisotopic (exact) mass is 506 g/mol. The summed E-state index contributed by atoms with van der Waals surface area (Å²) in [6.07, 6.45) is 4.86. The summed E-state index contributed by atoms with van der Waals surface area (Å²) in [5.41, 5.74) is 12.0. The third-order valence-electron chi connectivity index (χ3n) is 5.48. The Hall–Kier alpha value is -3.03. The molecule has 0 aliphatic carbocycles. The smallest absolute Gasteiger partial charge is 0.201 e. The SMILES string of the molecule is CC1=CN(CCc2ccc(N)cc2)C(c2cn(-c3ccc(Br)cc3)nc2-c2ccsc2)O1. The molecule has 2 aromatic heterocycles. The molecule has 7 heteroatoms. The van der Waals surface area contributed by atoms with Gasteiger partial charge in [0, 0.05) is 40.0 Å². The lowest BCUT2D eigenvalue weighted by atomic mass is 10.1. The number of benzene rings is 2. The van der Waals surface area contributed by atoms with Crippen LogP contribution >= 0.6 is 27.3 Å². The molecule has 0 fully saturated rings. The number of thiophene rings is 1. The number of nitrogens with zero attached hydrogens (tertiary/aromatic N) is 3. The van der Waals surface area contributed by atoms with Crippen molar-refractivity contribution >= 4 is 33.0 Å². The van der Waals surface area contributed by atoms with E-state index in [9.17, 15) is 0 Å². The molecule has 0 saturated carbocycles. The lowest BCUT2D eigenvalue weighted by Gasteiger charge is -2.24. The Balaban J connectivity index is 1.47. The summed E-state index contributed by atoms with van der Waals surface area (Å²) in [5, 5.41) is 9.16. The first-order valence-electron chi connectivity index (χ1n) is 10.4. The van der Waals surface area contributed by atoms with Crippen LogP contribution in [0.25, 0.3) is 16.9 Å². The molecule has 0 spiro atoms. The average Bonchev–Trinajstić information content (AvgIpc) is 3.53. The van der Waals surface area contributed by atoms with E-state index >= 15 is 0 Å². The molecule has 3 heterocycles. The molecule has 2 aromatic carbocycles. The molecule has 0 bridgehead atoms. The lowest BCUT2D eigenvalue weighted by Crippen LogP contribution is -2.23. The van der Waals surface area contributed by atoms with Crippen LogP contribution in [-0.4, -0.2) is 21.2 Å². The van der Waals surface area contributed by atoms with Gasteiger partial charge in [0.15, 0.2) is 0 Å². The van der Waals surface area contributed by atoms with Crippen LogP contribution in [0.2, 0.25) is 0 Å². The van der Waals surface area contributed by atoms with E-state index in [4.69, 9.17) is 15.6 Å². The van der Waals surface area contributed by atoms with E-state index in [1.165, 1.54) is 5.56 Å². The molecule has 1 atom stereocenters. The van der Waals surface area contributed by atoms with Crippen molar-refractivity contribution in [2.45, 2.75) is 19.6 Å². The maximum atomic E-state index is 6.28. The molecule has 0 radical (unpaired) electrons. The fourth-order valence-corrected chi connectivity index (χ4v) is 4.76. The topological polar surface area (TPSA) is 56.3 Å². The van der Waals surface area contributed by atoms with Crippen LogP contribution < -0.4 is 5.73 Å². The first-order valence-corrected chi connectivity index (χ1v) is 12.1. The number of rotatable bonds is 6. The molecule has 4 aromatic rings. The number of allylic oxidation sites excluding steroid dienone is 1. The molecule has 0 saturated heterocycles. The largest absolute Gasteiger partial charge is 0.469 e. The van der Waals surface area contributed by atoms with Crippen LogP contribution in [0.15, 0.2) is 88.0 Å². The highest BCUT2D eigenvalue weighted by Crippen LogP contribution is 2.38. The second kappa shape index (κ2) is 8.84. The number of anilines is 1. The van der Waals surface area contributed by atoms with Crippen molar-refractivity contribution in [1.29, 1.82) is 0 Å². The van der Waals surface area contributed by atoms with Gasteiger partial charge in [-0.3, -0.25) is 0 Å². The standard InChI is InChI=1S/C25H23BrN4OS/c1-17-14-29(12-10-18-2-6-21(27)7-3-18)25(31-17)23-15-30(22-8-4-20(26)5-9-22)28-24(23)19-11-13-32-16-19/h2-9,11,13-16,25H,10,12,27H2,1H3. The van der Waals surface area contributed by atoms with Crippen molar-refractivity contribution in [3.8, 4) is 16.9 Å². The molecule has 1 aliphatic rings. The van der Waals surface area contributed by atoms with Crippen LogP contribution in [0.4, 0.5) is 5.69 Å². The summed E-state index contributed by atoms with van der Waals surface area (Å²) < 4.78 is 9.26. The van der Waals surface area contributed by atoms with Crippen molar-refractivity contribution in [1.82, 2.24) is 14.7 Å². The predicted octanol–water partition coefficient (Wildman–Crippen LogP) is 6.38. The number of halogens is 1.